The van der Waals surface area contributed by atoms with E-state index in [1.165, 1.54) is 30.4 Å². The van der Waals surface area contributed by atoms with Crippen LogP contribution in [0.15, 0.2) is 66.7 Å². The van der Waals surface area contributed by atoms with Crippen molar-refractivity contribution in [3.63, 3.8) is 0 Å². The van der Waals surface area contributed by atoms with E-state index in [9.17, 15) is 14.7 Å². The van der Waals surface area contributed by atoms with Crippen LogP contribution in [-0.4, -0.2) is 48.0 Å². The Bertz CT molecular complexity index is 1340. The lowest BCUT2D eigenvalue weighted by Crippen LogP contribution is -2.45. The van der Waals surface area contributed by atoms with Gasteiger partial charge in [0.15, 0.2) is 5.75 Å². The molecule has 1 aliphatic carbocycles. The summed E-state index contributed by atoms with van der Waals surface area (Å²) in [6.07, 6.45) is 7.84. The van der Waals surface area contributed by atoms with E-state index in [2.05, 4.69) is 24.3 Å². The number of rotatable bonds is 12. The van der Waals surface area contributed by atoms with Gasteiger partial charge in [0, 0.05) is 18.5 Å². The van der Waals surface area contributed by atoms with Crippen molar-refractivity contribution in [1.82, 2.24) is 0 Å². The van der Waals surface area contributed by atoms with Gasteiger partial charge in [-0.2, -0.15) is 0 Å². The van der Waals surface area contributed by atoms with Crippen molar-refractivity contribution in [2.75, 3.05) is 24.6 Å². The predicted molar refractivity (Wildman–Crippen MR) is 155 cm³/mol. The zero-order chi connectivity index (χ0) is 27.9. The van der Waals surface area contributed by atoms with Crippen molar-refractivity contribution < 1.29 is 29.3 Å². The van der Waals surface area contributed by atoms with Crippen LogP contribution in [0.1, 0.15) is 47.9 Å². The Morgan fingerprint density at radius 1 is 0.925 bits per heavy atom. The Balaban J connectivity index is 1.16. The summed E-state index contributed by atoms with van der Waals surface area (Å²) in [6, 6.07) is 22.3. The van der Waals surface area contributed by atoms with Gasteiger partial charge in [0.05, 0.1) is 18.8 Å². The number of aliphatic carboxylic acids is 2. The quantitative estimate of drug-likeness (QED) is 0.216. The molecular formula is C33H35NO6. The molecule has 3 aromatic carbocycles. The van der Waals surface area contributed by atoms with E-state index in [0.717, 1.165) is 29.0 Å². The van der Waals surface area contributed by atoms with Crippen LogP contribution >= 0.6 is 0 Å². The average Bonchev–Trinajstić information content (AvgIpc) is 3.37. The molecule has 7 heteroatoms. The first kappa shape index (κ1) is 27.3. The van der Waals surface area contributed by atoms with Crippen molar-refractivity contribution in [2.24, 2.45) is 5.92 Å². The molecule has 208 valence electrons. The van der Waals surface area contributed by atoms with Crippen molar-refractivity contribution >= 4 is 29.8 Å². The van der Waals surface area contributed by atoms with Crippen LogP contribution in [0.5, 0.6) is 11.5 Å². The lowest BCUT2D eigenvalue weighted by atomic mass is 10.0. The van der Waals surface area contributed by atoms with Crippen LogP contribution < -0.4 is 14.4 Å². The molecule has 2 N–H and O–H groups in total. The number of hydrogen-bond acceptors (Lipinski definition) is 5. The van der Waals surface area contributed by atoms with E-state index in [-0.39, 0.29) is 13.0 Å². The summed E-state index contributed by atoms with van der Waals surface area (Å²) in [5, 5.41) is 18.6. The van der Waals surface area contributed by atoms with Crippen LogP contribution in [0.4, 0.5) is 5.69 Å². The van der Waals surface area contributed by atoms with Gasteiger partial charge in [-0.05, 0) is 72.9 Å². The van der Waals surface area contributed by atoms with Gasteiger partial charge in [-0.15, -0.1) is 0 Å². The average molecular weight is 542 g/mol. The molecule has 0 amide bonds. The zero-order valence-corrected chi connectivity index (χ0v) is 22.5. The lowest BCUT2D eigenvalue weighted by molar-refractivity contribution is -0.145. The van der Waals surface area contributed by atoms with Gasteiger partial charge in [-0.3, -0.25) is 4.79 Å². The molecule has 7 nitrogen and oxygen atoms in total. The first-order valence-electron chi connectivity index (χ1n) is 13.9. The Kier molecular flexibility index (Phi) is 8.69. The Morgan fingerprint density at radius 3 is 2.38 bits per heavy atom. The molecule has 0 saturated carbocycles. The molecule has 0 spiro atoms. The minimum Gasteiger partial charge on any atom is -0.494 e. The molecule has 5 rings (SSSR count). The van der Waals surface area contributed by atoms with Crippen molar-refractivity contribution in [3.8, 4) is 11.5 Å². The van der Waals surface area contributed by atoms with E-state index in [1.807, 2.05) is 59.5 Å². The summed E-state index contributed by atoms with van der Waals surface area (Å²) in [5.41, 5.74) is 5.51. The molecule has 1 atom stereocenters. The van der Waals surface area contributed by atoms with Crippen molar-refractivity contribution in [2.45, 2.75) is 44.6 Å². The number of hydrogen-bond donors (Lipinski definition) is 2. The van der Waals surface area contributed by atoms with E-state index in [1.54, 1.807) is 0 Å². The first-order valence-corrected chi connectivity index (χ1v) is 13.9. The van der Waals surface area contributed by atoms with Gasteiger partial charge in [-0.1, -0.05) is 60.7 Å². The third-order valence-electron chi connectivity index (χ3n) is 7.60. The topological polar surface area (TPSA) is 96.3 Å². The van der Waals surface area contributed by atoms with Crippen LogP contribution in [0.2, 0.25) is 0 Å². The number of carbonyl (C=O) groups is 2. The Hall–Kier alpha value is -4.26. The monoisotopic (exact) mass is 541 g/mol. The summed E-state index contributed by atoms with van der Waals surface area (Å²) < 4.78 is 11.9. The fraction of sp³-hybridized carbons (Fsp3) is 0.333. The maximum atomic E-state index is 11.7. The molecular weight excluding hydrogens is 506 g/mol. The summed E-state index contributed by atoms with van der Waals surface area (Å²) >= 11 is 0. The third kappa shape index (κ3) is 6.84. The molecule has 0 aromatic heterocycles. The maximum absolute atomic E-state index is 11.7. The number of anilines is 1. The van der Waals surface area contributed by atoms with Gasteiger partial charge >= 0.3 is 11.9 Å². The second-order valence-corrected chi connectivity index (χ2v) is 10.5. The van der Waals surface area contributed by atoms with Crippen LogP contribution in [0.3, 0.4) is 0 Å². The number of nitrogens with zero attached hydrogens (tertiary/aromatic N) is 1. The van der Waals surface area contributed by atoms with Gasteiger partial charge < -0.3 is 24.6 Å². The van der Waals surface area contributed by atoms with E-state index >= 15 is 0 Å². The molecule has 3 aromatic rings. The molecule has 1 aliphatic heterocycles. The second-order valence-electron chi connectivity index (χ2n) is 10.5. The predicted octanol–water partition coefficient (Wildman–Crippen LogP) is 5.95. The molecule has 2 aliphatic rings. The molecule has 1 unspecified atom stereocenters. The fourth-order valence-electron chi connectivity index (χ4n) is 5.57. The van der Waals surface area contributed by atoms with E-state index < -0.39 is 18.0 Å². The lowest BCUT2D eigenvalue weighted by Gasteiger charge is -2.35. The van der Waals surface area contributed by atoms with Crippen LogP contribution in [0.25, 0.3) is 12.2 Å². The second kappa shape index (κ2) is 12.7. The van der Waals surface area contributed by atoms with Crippen LogP contribution in [-0.2, 0) is 22.4 Å². The highest BCUT2D eigenvalue weighted by Gasteiger charge is 2.31. The minimum absolute atomic E-state index is 0.0268. The van der Waals surface area contributed by atoms with E-state index in [0.29, 0.717) is 31.2 Å². The fourth-order valence-corrected chi connectivity index (χ4v) is 5.57. The van der Waals surface area contributed by atoms with Crippen LogP contribution in [0, 0.1) is 5.92 Å². The molecule has 0 radical (unpaired) electrons. The van der Waals surface area contributed by atoms with Gasteiger partial charge in [-0.25, -0.2) is 4.79 Å². The highest BCUT2D eigenvalue weighted by Crippen LogP contribution is 2.38. The molecule has 0 fully saturated rings. The van der Waals surface area contributed by atoms with Gasteiger partial charge in [0.1, 0.15) is 5.75 Å². The number of benzene rings is 3. The van der Waals surface area contributed by atoms with Gasteiger partial charge in [0.25, 0.3) is 0 Å². The molecule has 0 bridgehead atoms. The SMILES string of the molecule is O=C(O)CCCN1CC(C(=O)O)Oc2c(C=Cc3ccc(OCCCC4Cc5ccccc5C4)cc3)cccc21. The van der Waals surface area contributed by atoms with Crippen molar-refractivity contribution in [3.05, 3.63) is 89.0 Å². The minimum atomic E-state index is -1.04. The Morgan fingerprint density at radius 2 is 1.68 bits per heavy atom. The number of para-hydroxylation sites is 1. The molecule has 0 saturated heterocycles. The summed E-state index contributed by atoms with van der Waals surface area (Å²) in [4.78, 5) is 24.6. The highest BCUT2D eigenvalue weighted by atomic mass is 16.5. The summed E-state index contributed by atoms with van der Waals surface area (Å²) in [6.45, 7) is 1.31. The third-order valence-corrected chi connectivity index (χ3v) is 7.60. The van der Waals surface area contributed by atoms with Crippen molar-refractivity contribution in [1.29, 1.82) is 0 Å². The molecule has 40 heavy (non-hydrogen) atoms. The normalized spacial score (nSPS) is 16.4. The number of carboxylic acids is 2. The van der Waals surface area contributed by atoms with E-state index in [4.69, 9.17) is 14.6 Å². The smallest absolute Gasteiger partial charge is 0.346 e. The largest absolute Gasteiger partial charge is 0.494 e. The molecule has 1 heterocycles. The standard InChI is InChI=1S/C33H35NO6/c35-31(36)11-4-18-34-22-30(33(37)38)40-32-25(9-3-10-29(32)34)15-12-23-13-16-28(17-14-23)39-19-5-6-24-20-26-7-1-2-8-27(26)21-24/h1-3,7-10,12-17,24,30H,4-6,11,18-22H2,(H,35,36)(H,37,38). The number of fused-ring (bicyclic) bond motifs is 2. The summed E-state index contributed by atoms with van der Waals surface area (Å²) in [5.74, 6) is 0.138. The van der Waals surface area contributed by atoms with Gasteiger partial charge in [0.2, 0.25) is 6.10 Å². The Labute approximate surface area is 234 Å². The zero-order valence-electron chi connectivity index (χ0n) is 22.5. The first-order chi connectivity index (χ1) is 19.5. The maximum Gasteiger partial charge on any atom is 0.346 e. The highest BCUT2D eigenvalue weighted by molar-refractivity contribution is 5.81. The summed E-state index contributed by atoms with van der Waals surface area (Å²) in [7, 11) is 0. The number of carboxylic acid groups (broad SMARTS) is 2. The number of ether oxygens (including phenoxy) is 2.